The third-order valence-electron chi connectivity index (χ3n) is 9.11. The summed E-state index contributed by atoms with van der Waals surface area (Å²) < 4.78 is 29.1. The molecule has 2 aromatic carbocycles. The van der Waals surface area contributed by atoms with E-state index < -0.39 is 22.0 Å². The largest absolute Gasteiger partial charge is 0.371 e. The Hall–Kier alpha value is -3.29. The zero-order valence-electron chi connectivity index (χ0n) is 25.0. The molecule has 4 heterocycles. The summed E-state index contributed by atoms with van der Waals surface area (Å²) in [5.74, 6) is -0.625. The van der Waals surface area contributed by atoms with Crippen LogP contribution in [0.4, 0.5) is 5.69 Å². The number of sulfonamides is 1. The molecule has 3 aromatic rings. The van der Waals surface area contributed by atoms with E-state index in [2.05, 4.69) is 14.8 Å². The van der Waals surface area contributed by atoms with Crippen molar-refractivity contribution >= 4 is 49.9 Å². The molecule has 3 aliphatic heterocycles. The molecule has 3 aliphatic rings. The molecule has 11 nitrogen and oxygen atoms in total. The lowest BCUT2D eigenvalue weighted by Gasteiger charge is -2.49. The van der Waals surface area contributed by atoms with Gasteiger partial charge in [0.25, 0.3) is 5.91 Å². The van der Waals surface area contributed by atoms with E-state index in [1.165, 1.54) is 10.4 Å². The van der Waals surface area contributed by atoms with Gasteiger partial charge in [-0.25, -0.2) is 13.4 Å². The van der Waals surface area contributed by atoms with Crippen molar-refractivity contribution in [2.75, 3.05) is 71.4 Å². The number of rotatable bonds is 6. The number of piperidine rings is 1. The summed E-state index contributed by atoms with van der Waals surface area (Å²) in [4.78, 5) is 38.4. The van der Waals surface area contributed by atoms with Gasteiger partial charge < -0.3 is 14.7 Å². The Morgan fingerprint density at radius 2 is 1.59 bits per heavy atom. The normalized spacial score (nSPS) is 21.4. The summed E-state index contributed by atoms with van der Waals surface area (Å²) in [6.07, 6.45) is 5.14. The van der Waals surface area contributed by atoms with Gasteiger partial charge in [0, 0.05) is 82.0 Å². The number of carbonyl (C=O) groups is 2. The van der Waals surface area contributed by atoms with Gasteiger partial charge in [-0.3, -0.25) is 19.6 Å². The molecule has 0 bridgehead atoms. The Labute approximate surface area is 263 Å². The summed E-state index contributed by atoms with van der Waals surface area (Å²) in [5, 5.41) is 5.55. The van der Waals surface area contributed by atoms with Gasteiger partial charge in [-0.2, -0.15) is 4.31 Å². The predicted molar refractivity (Wildman–Crippen MR) is 170 cm³/mol. The standard InChI is InChI=1S/C31H38ClN7O4S/c1-34-15-17-37(18-16-34)31(41)29-21-38(44(42,43)28-6-4-23-19-25(32)5-3-24(23)20-28)22-30(40)39(29)35(2)26-9-13-36(14-10-26)27-7-11-33-12-8-27/h3-8,11-12,19-20,26,29H,9-10,13-18,21-22H2,1-2H3. The van der Waals surface area contributed by atoms with Crippen LogP contribution in [0.2, 0.25) is 5.02 Å². The smallest absolute Gasteiger partial charge is 0.252 e. The molecule has 13 heteroatoms. The van der Waals surface area contributed by atoms with Crippen LogP contribution < -0.4 is 4.90 Å². The molecule has 0 aliphatic carbocycles. The van der Waals surface area contributed by atoms with Crippen molar-refractivity contribution in [3.8, 4) is 0 Å². The number of nitrogens with zero attached hydrogens (tertiary/aromatic N) is 7. The Morgan fingerprint density at radius 1 is 0.932 bits per heavy atom. The molecule has 0 radical (unpaired) electrons. The summed E-state index contributed by atoms with van der Waals surface area (Å²) >= 11 is 6.12. The number of hydrazine groups is 1. The third kappa shape index (κ3) is 6.14. The van der Waals surface area contributed by atoms with Crippen LogP contribution in [0.5, 0.6) is 0 Å². The second-order valence-electron chi connectivity index (χ2n) is 11.8. The van der Waals surface area contributed by atoms with Crippen LogP contribution in [0.3, 0.4) is 0 Å². The van der Waals surface area contributed by atoms with E-state index in [-0.39, 0.29) is 29.9 Å². The maximum absolute atomic E-state index is 14.1. The number of aromatic nitrogens is 1. The molecule has 2 amide bonds. The van der Waals surface area contributed by atoms with Crippen molar-refractivity contribution in [2.45, 2.75) is 29.8 Å². The first-order valence-corrected chi connectivity index (χ1v) is 16.8. The number of halogens is 1. The Balaban J connectivity index is 1.25. The van der Waals surface area contributed by atoms with Crippen LogP contribution in [-0.2, 0) is 19.6 Å². The van der Waals surface area contributed by atoms with Gasteiger partial charge in [0.2, 0.25) is 15.9 Å². The second kappa shape index (κ2) is 12.6. The maximum atomic E-state index is 14.1. The topological polar surface area (TPSA) is 101 Å². The molecule has 0 spiro atoms. The molecule has 44 heavy (non-hydrogen) atoms. The highest BCUT2D eigenvalue weighted by atomic mass is 35.5. The number of hydrogen-bond donors (Lipinski definition) is 0. The lowest BCUT2D eigenvalue weighted by Crippen LogP contribution is -2.69. The number of pyridine rings is 1. The fourth-order valence-electron chi connectivity index (χ4n) is 6.46. The van der Waals surface area contributed by atoms with Gasteiger partial charge in [-0.05, 0) is 67.1 Å². The monoisotopic (exact) mass is 639 g/mol. The summed E-state index contributed by atoms with van der Waals surface area (Å²) in [7, 11) is -0.206. The van der Waals surface area contributed by atoms with Gasteiger partial charge in [-0.15, -0.1) is 0 Å². The lowest BCUT2D eigenvalue weighted by atomic mass is 10.0. The minimum Gasteiger partial charge on any atom is -0.371 e. The molecular formula is C31H38ClN7O4S. The molecule has 1 aromatic heterocycles. The van der Waals surface area contributed by atoms with Crippen LogP contribution in [0, 0.1) is 0 Å². The molecular weight excluding hydrogens is 602 g/mol. The molecule has 6 rings (SSSR count). The van der Waals surface area contributed by atoms with E-state index in [0.717, 1.165) is 55.5 Å². The number of benzene rings is 2. The summed E-state index contributed by atoms with van der Waals surface area (Å²) in [5.41, 5.74) is 1.11. The van der Waals surface area contributed by atoms with E-state index in [1.54, 1.807) is 52.6 Å². The molecule has 1 atom stereocenters. The van der Waals surface area contributed by atoms with Gasteiger partial charge in [0.1, 0.15) is 6.04 Å². The van der Waals surface area contributed by atoms with Gasteiger partial charge in [-0.1, -0.05) is 23.7 Å². The molecule has 0 saturated carbocycles. The van der Waals surface area contributed by atoms with Crippen molar-refractivity contribution in [3.63, 3.8) is 0 Å². The van der Waals surface area contributed by atoms with E-state index in [0.29, 0.717) is 18.1 Å². The van der Waals surface area contributed by atoms with E-state index in [4.69, 9.17) is 11.6 Å². The fraction of sp³-hybridized carbons (Fsp3) is 0.452. The first-order chi connectivity index (χ1) is 21.1. The zero-order chi connectivity index (χ0) is 31.0. The minimum absolute atomic E-state index is 0.0234. The Morgan fingerprint density at radius 3 is 2.30 bits per heavy atom. The summed E-state index contributed by atoms with van der Waals surface area (Å²) in [6, 6.07) is 13.1. The first kappa shape index (κ1) is 30.7. The third-order valence-corrected chi connectivity index (χ3v) is 11.2. The Bertz CT molecular complexity index is 1630. The van der Waals surface area contributed by atoms with Crippen molar-refractivity contribution in [2.24, 2.45) is 0 Å². The van der Waals surface area contributed by atoms with E-state index in [9.17, 15) is 18.0 Å². The number of fused-ring (bicyclic) bond motifs is 1. The minimum atomic E-state index is -4.07. The summed E-state index contributed by atoms with van der Waals surface area (Å²) in [6.45, 7) is 3.64. The molecule has 3 saturated heterocycles. The van der Waals surface area contributed by atoms with Crippen LogP contribution >= 0.6 is 11.6 Å². The number of piperazine rings is 2. The van der Waals surface area contributed by atoms with Crippen LogP contribution in [0.25, 0.3) is 10.8 Å². The quantitative estimate of drug-likeness (QED) is 0.406. The van der Waals surface area contributed by atoms with Crippen LogP contribution in [0.15, 0.2) is 65.8 Å². The molecule has 3 fully saturated rings. The van der Waals surface area contributed by atoms with Gasteiger partial charge >= 0.3 is 0 Å². The van der Waals surface area contributed by atoms with E-state index >= 15 is 0 Å². The highest BCUT2D eigenvalue weighted by Crippen LogP contribution is 2.29. The van der Waals surface area contributed by atoms with Crippen LogP contribution in [0.1, 0.15) is 12.8 Å². The zero-order valence-corrected chi connectivity index (χ0v) is 26.6. The maximum Gasteiger partial charge on any atom is 0.252 e. The van der Waals surface area contributed by atoms with Crippen molar-refractivity contribution in [1.82, 2.24) is 29.1 Å². The SMILES string of the molecule is CN1CCN(C(=O)C2CN(S(=O)(=O)c3ccc4cc(Cl)ccc4c3)CC(=O)N2N(C)C2CCN(c3ccncc3)CC2)CC1. The molecule has 234 valence electrons. The number of amides is 2. The average molecular weight is 640 g/mol. The number of hydrogen-bond acceptors (Lipinski definition) is 8. The average Bonchev–Trinajstić information content (AvgIpc) is 3.04. The van der Waals surface area contributed by atoms with Crippen LogP contribution in [-0.4, -0.2) is 128 Å². The first-order valence-electron chi connectivity index (χ1n) is 15.0. The lowest BCUT2D eigenvalue weighted by molar-refractivity contribution is -0.174. The van der Waals surface area contributed by atoms with E-state index in [1.807, 2.05) is 31.2 Å². The van der Waals surface area contributed by atoms with Gasteiger partial charge in [0.15, 0.2) is 0 Å². The van der Waals surface area contributed by atoms with Crippen molar-refractivity contribution in [3.05, 3.63) is 65.9 Å². The predicted octanol–water partition coefficient (Wildman–Crippen LogP) is 2.38. The van der Waals surface area contributed by atoms with Crippen molar-refractivity contribution < 1.29 is 18.0 Å². The number of likely N-dealkylation sites (N-methyl/N-ethyl adjacent to an activating group) is 1. The molecule has 0 N–H and O–H groups in total. The second-order valence-corrected chi connectivity index (χ2v) is 14.2. The van der Waals surface area contributed by atoms with Gasteiger partial charge in [0.05, 0.1) is 11.4 Å². The Kier molecular flexibility index (Phi) is 8.80. The highest BCUT2D eigenvalue weighted by Gasteiger charge is 2.46. The number of carbonyl (C=O) groups excluding carboxylic acids is 2. The number of anilines is 1. The highest BCUT2D eigenvalue weighted by molar-refractivity contribution is 7.89. The molecule has 1 unspecified atom stereocenters. The van der Waals surface area contributed by atoms with Crippen molar-refractivity contribution in [1.29, 1.82) is 0 Å². The fourth-order valence-corrected chi connectivity index (χ4v) is 8.08.